The quantitative estimate of drug-likeness (QED) is 0.343. The Labute approximate surface area is 191 Å². The third-order valence-electron chi connectivity index (χ3n) is 3.71. The largest absolute Gasteiger partial charge is 4.00 e. The summed E-state index contributed by atoms with van der Waals surface area (Å²) in [5, 5.41) is 0. The number of halogens is 1. The van der Waals surface area contributed by atoms with E-state index in [1.807, 2.05) is 36.4 Å². The van der Waals surface area contributed by atoms with Crippen LogP contribution in [-0.4, -0.2) is 0 Å². The van der Waals surface area contributed by atoms with Gasteiger partial charge >= 0.3 is 21.7 Å². The summed E-state index contributed by atoms with van der Waals surface area (Å²) in [4.78, 5) is 0. The van der Waals surface area contributed by atoms with Crippen LogP contribution in [0.15, 0.2) is 103 Å². The van der Waals surface area contributed by atoms with Gasteiger partial charge in [-0.25, -0.2) is 12.1 Å². The average Bonchev–Trinajstić information content (AvgIpc) is 3.18. The minimum Gasteiger partial charge on any atom is -1.00 e. The van der Waals surface area contributed by atoms with Gasteiger partial charge in [-0.05, 0) is 6.42 Å². The molecule has 4 rings (SSSR count). The summed E-state index contributed by atoms with van der Waals surface area (Å²) in [5.41, 5.74) is 5.30. The molecule has 0 spiro atoms. The van der Waals surface area contributed by atoms with Crippen molar-refractivity contribution in [2.75, 3.05) is 0 Å². The molecule has 0 N–H and O–H groups in total. The number of hydrogen-bond acceptors (Lipinski definition) is 0. The van der Waals surface area contributed by atoms with Gasteiger partial charge in [-0.1, -0.05) is 49.7 Å². The Bertz CT molecular complexity index is 773. The summed E-state index contributed by atoms with van der Waals surface area (Å²) < 4.78 is 0. The van der Waals surface area contributed by atoms with E-state index in [1.54, 1.807) is 0 Å². The van der Waals surface area contributed by atoms with Crippen molar-refractivity contribution < 1.29 is 34.1 Å². The number of aryl methyl sites for hydroxylation is 2. The molecule has 4 aromatic rings. The van der Waals surface area contributed by atoms with E-state index in [4.69, 9.17) is 0 Å². The monoisotopic (exact) mass is 420 g/mol. The molecule has 0 unspecified atom stereocenters. The first kappa shape index (κ1) is 26.0. The van der Waals surface area contributed by atoms with Crippen LogP contribution in [0.25, 0.3) is 0 Å². The van der Waals surface area contributed by atoms with E-state index in [-0.39, 0.29) is 34.1 Å². The van der Waals surface area contributed by atoms with E-state index in [9.17, 15) is 0 Å². The zero-order valence-corrected chi connectivity index (χ0v) is 18.7. The van der Waals surface area contributed by atoms with Crippen molar-refractivity contribution >= 4 is 0 Å². The fourth-order valence-corrected chi connectivity index (χ4v) is 2.33. The molecule has 28 heavy (non-hydrogen) atoms. The molecular weight excluding hydrogens is 396 g/mol. The summed E-state index contributed by atoms with van der Waals surface area (Å²) in [5.74, 6) is 0. The maximum atomic E-state index is 2.96. The van der Waals surface area contributed by atoms with Crippen molar-refractivity contribution in [2.45, 2.75) is 20.3 Å². The van der Waals surface area contributed by atoms with Crippen LogP contribution >= 0.6 is 0 Å². The molecule has 0 amide bonds. The number of benzene rings is 3. The normalized spacial score (nSPS) is 8.64. The zero-order chi connectivity index (χ0) is 18.5. The zero-order valence-electron chi connectivity index (χ0n) is 16.4. The van der Waals surface area contributed by atoms with Crippen LogP contribution in [0, 0.1) is 26.0 Å². The first-order valence-electron chi connectivity index (χ1n) is 8.84. The molecule has 140 valence electrons. The van der Waals surface area contributed by atoms with E-state index in [0.29, 0.717) is 0 Å². The van der Waals surface area contributed by atoms with E-state index >= 15 is 0 Å². The second-order valence-corrected chi connectivity index (χ2v) is 6.12. The standard InChI is InChI=1S/C12H11.2C7H7.ClH.Ti/c1-2-6-11(7-3-1)10-12-8-4-5-9-12;2*1-7-5-3-2-4-6-7;;/h1-9H,10H2;2*2-3,5-6H,1H3;1H;/q3*-1;;+4/p-1. The van der Waals surface area contributed by atoms with E-state index in [1.165, 1.54) is 22.3 Å². The Kier molecular flexibility index (Phi) is 14.9. The number of hydrogen-bond donors (Lipinski definition) is 0. The van der Waals surface area contributed by atoms with Gasteiger partial charge in [0.05, 0.1) is 0 Å². The molecule has 0 atom stereocenters. The van der Waals surface area contributed by atoms with Gasteiger partial charge in [-0.15, -0.1) is 0 Å². The van der Waals surface area contributed by atoms with Crippen LogP contribution in [0.5, 0.6) is 0 Å². The third kappa shape index (κ3) is 11.7. The van der Waals surface area contributed by atoms with Gasteiger partial charge in [0.1, 0.15) is 0 Å². The van der Waals surface area contributed by atoms with Gasteiger partial charge < -0.3 is 12.4 Å². The summed E-state index contributed by atoms with van der Waals surface area (Å²) in [6, 6.07) is 40.7. The molecule has 0 heterocycles. The Hall–Kier alpha value is -1.99. The number of rotatable bonds is 2. The topological polar surface area (TPSA) is 0 Å². The minimum absolute atomic E-state index is 0. The van der Waals surface area contributed by atoms with Crippen LogP contribution in [0.2, 0.25) is 0 Å². The molecule has 0 aliphatic carbocycles. The minimum atomic E-state index is 0. The maximum Gasteiger partial charge on any atom is 4.00 e. The molecule has 0 bridgehead atoms. The van der Waals surface area contributed by atoms with Crippen molar-refractivity contribution in [3.8, 4) is 0 Å². The maximum absolute atomic E-state index is 2.96. The van der Waals surface area contributed by atoms with Crippen LogP contribution in [0.4, 0.5) is 0 Å². The smallest absolute Gasteiger partial charge is 1.00 e. The van der Waals surface area contributed by atoms with Crippen molar-refractivity contribution in [3.05, 3.63) is 138 Å². The van der Waals surface area contributed by atoms with Gasteiger partial charge in [0, 0.05) is 0 Å². The second-order valence-electron chi connectivity index (χ2n) is 6.12. The fourth-order valence-electron chi connectivity index (χ4n) is 2.33. The molecule has 0 fully saturated rings. The van der Waals surface area contributed by atoms with Gasteiger partial charge in [-0.2, -0.15) is 89.5 Å². The van der Waals surface area contributed by atoms with Gasteiger partial charge in [0.15, 0.2) is 0 Å². The third-order valence-corrected chi connectivity index (χ3v) is 3.71. The van der Waals surface area contributed by atoms with E-state index < -0.39 is 0 Å². The fraction of sp³-hybridized carbons (Fsp3) is 0.115. The predicted molar refractivity (Wildman–Crippen MR) is 111 cm³/mol. The second kappa shape index (κ2) is 16.0. The van der Waals surface area contributed by atoms with Crippen molar-refractivity contribution in [3.63, 3.8) is 0 Å². The van der Waals surface area contributed by atoms with Gasteiger partial charge in [0.25, 0.3) is 0 Å². The molecule has 0 nitrogen and oxygen atoms in total. The first-order chi connectivity index (χ1) is 12.7. The molecule has 4 aromatic carbocycles. The van der Waals surface area contributed by atoms with Crippen molar-refractivity contribution in [1.29, 1.82) is 0 Å². The Morgan fingerprint density at radius 3 is 1.54 bits per heavy atom. The molecule has 0 radical (unpaired) electrons. The Morgan fingerprint density at radius 2 is 1.18 bits per heavy atom. The summed E-state index contributed by atoms with van der Waals surface area (Å²) >= 11 is 0. The summed E-state index contributed by atoms with van der Waals surface area (Å²) in [6.45, 7) is 4.10. The molecule has 0 aliphatic heterocycles. The van der Waals surface area contributed by atoms with Crippen molar-refractivity contribution in [1.82, 2.24) is 0 Å². The predicted octanol–water partition coefficient (Wildman–Crippen LogP) is 3.59. The van der Waals surface area contributed by atoms with Crippen LogP contribution < -0.4 is 12.4 Å². The van der Waals surface area contributed by atoms with Crippen LogP contribution in [0.3, 0.4) is 0 Å². The molecule has 0 aliphatic rings. The molecule has 2 heteroatoms. The summed E-state index contributed by atoms with van der Waals surface area (Å²) in [7, 11) is 0. The summed E-state index contributed by atoms with van der Waals surface area (Å²) in [6.07, 6.45) is 1.05. The van der Waals surface area contributed by atoms with Crippen LogP contribution in [0.1, 0.15) is 22.3 Å². The van der Waals surface area contributed by atoms with Gasteiger partial charge in [-0.3, -0.25) is 0 Å². The van der Waals surface area contributed by atoms with Crippen molar-refractivity contribution in [2.24, 2.45) is 0 Å². The van der Waals surface area contributed by atoms with Gasteiger partial charge in [0.2, 0.25) is 0 Å². The Morgan fingerprint density at radius 1 is 0.679 bits per heavy atom. The molecule has 0 saturated heterocycles. The van der Waals surface area contributed by atoms with E-state index in [0.717, 1.165) is 6.42 Å². The molecule has 0 aromatic heterocycles. The van der Waals surface area contributed by atoms with E-state index in [2.05, 4.69) is 92.7 Å². The molecular formula is C26H25ClTi. The van der Waals surface area contributed by atoms with Crippen LogP contribution in [-0.2, 0) is 28.1 Å². The average molecular weight is 421 g/mol. The SMILES string of the molecule is Cc1c[c-]ccc1.Cc1c[c-]ccc1.[Cl-].[Ti+4].c1ccc(C[c-]2cccc2)cc1. The molecule has 0 saturated carbocycles. The first-order valence-corrected chi connectivity index (χ1v) is 8.84. The Balaban J connectivity index is 0.000000399.